The summed E-state index contributed by atoms with van der Waals surface area (Å²) in [6.07, 6.45) is 1.34. The van der Waals surface area contributed by atoms with Crippen LogP contribution in [0.1, 0.15) is 10.4 Å². The first-order valence-corrected chi connectivity index (χ1v) is 5.78. The van der Waals surface area contributed by atoms with Crippen LogP contribution < -0.4 is 11.0 Å². The highest BCUT2D eigenvalue weighted by Crippen LogP contribution is 2.20. The lowest BCUT2D eigenvalue weighted by atomic mass is 10.2. The number of carbonyl (C=O) groups excluding carboxylic acids is 1. The molecule has 0 saturated heterocycles. The van der Waals surface area contributed by atoms with Crippen molar-refractivity contribution in [1.82, 2.24) is 9.97 Å². The molecule has 96 valence electrons. The minimum atomic E-state index is -0.379. The van der Waals surface area contributed by atoms with Crippen molar-refractivity contribution >= 4 is 34.2 Å². The zero-order valence-electron chi connectivity index (χ0n) is 9.49. The minimum absolute atomic E-state index is 0.0358. The molecule has 0 aliphatic heterocycles. The van der Waals surface area contributed by atoms with Crippen molar-refractivity contribution < 1.29 is 9.21 Å². The second kappa shape index (κ2) is 4.33. The molecule has 0 aliphatic carbocycles. The lowest BCUT2D eigenvalue weighted by Gasteiger charge is -2.03. The van der Waals surface area contributed by atoms with E-state index >= 15 is 0 Å². The van der Waals surface area contributed by atoms with E-state index in [0.717, 1.165) is 0 Å². The molecule has 2 heterocycles. The zero-order valence-corrected chi connectivity index (χ0v) is 10.2. The van der Waals surface area contributed by atoms with E-state index in [1.165, 1.54) is 12.3 Å². The Labute approximate surface area is 111 Å². The normalized spacial score (nSPS) is 10.8. The molecule has 0 bridgehead atoms. The second-order valence-electron chi connectivity index (χ2n) is 3.90. The second-order valence-corrected chi connectivity index (χ2v) is 4.24. The standard InChI is InChI=1S/C12H8ClN3O3/c13-10-7(3-4-19-10)11(17)14-6-1-2-8-9(5-6)16-12(18)15-8/h1-5H,(H,14,17)(H2,15,16,18). The molecule has 1 aromatic carbocycles. The number of amides is 1. The van der Waals surface area contributed by atoms with Gasteiger partial charge in [0.05, 0.1) is 22.9 Å². The maximum absolute atomic E-state index is 11.9. The van der Waals surface area contributed by atoms with Gasteiger partial charge in [-0.05, 0) is 35.9 Å². The van der Waals surface area contributed by atoms with Gasteiger partial charge in [-0.25, -0.2) is 4.79 Å². The summed E-state index contributed by atoms with van der Waals surface area (Å²) < 4.78 is 4.85. The van der Waals surface area contributed by atoms with Gasteiger partial charge in [0.2, 0.25) is 5.22 Å². The average Bonchev–Trinajstić information content (AvgIpc) is 2.93. The van der Waals surface area contributed by atoms with Crippen molar-refractivity contribution in [3.63, 3.8) is 0 Å². The third-order valence-electron chi connectivity index (χ3n) is 2.64. The molecule has 0 radical (unpaired) electrons. The van der Waals surface area contributed by atoms with Crippen molar-refractivity contribution in [3.8, 4) is 0 Å². The number of aromatic nitrogens is 2. The summed E-state index contributed by atoms with van der Waals surface area (Å²) in [5.41, 5.74) is 1.79. The van der Waals surface area contributed by atoms with E-state index in [1.54, 1.807) is 18.2 Å². The summed E-state index contributed by atoms with van der Waals surface area (Å²) in [5.74, 6) is -0.379. The van der Waals surface area contributed by atoms with Gasteiger partial charge in [-0.3, -0.25) is 4.79 Å². The zero-order chi connectivity index (χ0) is 13.4. The number of aromatic amines is 2. The highest BCUT2D eigenvalue weighted by Gasteiger charge is 2.13. The Morgan fingerprint density at radius 1 is 1.21 bits per heavy atom. The molecular weight excluding hydrogens is 270 g/mol. The summed E-state index contributed by atoms with van der Waals surface area (Å²) in [5, 5.41) is 2.70. The summed E-state index contributed by atoms with van der Waals surface area (Å²) >= 11 is 5.72. The molecule has 0 fully saturated rings. The predicted molar refractivity (Wildman–Crippen MR) is 70.6 cm³/mol. The Kier molecular flexibility index (Phi) is 2.64. The lowest BCUT2D eigenvalue weighted by molar-refractivity contribution is 0.102. The fraction of sp³-hybridized carbons (Fsp3) is 0. The molecule has 3 rings (SSSR count). The first-order chi connectivity index (χ1) is 9.13. The van der Waals surface area contributed by atoms with Crippen molar-refractivity contribution in [1.29, 1.82) is 0 Å². The highest BCUT2D eigenvalue weighted by molar-refractivity contribution is 6.32. The van der Waals surface area contributed by atoms with Gasteiger partial charge in [0.15, 0.2) is 0 Å². The highest BCUT2D eigenvalue weighted by atomic mass is 35.5. The van der Waals surface area contributed by atoms with E-state index in [4.69, 9.17) is 16.0 Å². The number of carbonyl (C=O) groups is 1. The van der Waals surface area contributed by atoms with Crippen LogP contribution in [0.5, 0.6) is 0 Å². The molecule has 19 heavy (non-hydrogen) atoms. The number of anilines is 1. The molecular formula is C12H8ClN3O3. The van der Waals surface area contributed by atoms with Gasteiger partial charge in [-0.1, -0.05) is 0 Å². The quantitative estimate of drug-likeness (QED) is 0.671. The van der Waals surface area contributed by atoms with E-state index < -0.39 is 0 Å². The molecule has 3 N–H and O–H groups in total. The number of hydrogen-bond donors (Lipinski definition) is 3. The van der Waals surface area contributed by atoms with Crippen LogP contribution in [0.2, 0.25) is 5.22 Å². The molecule has 2 aromatic heterocycles. The Bertz CT molecular complexity index is 815. The maximum Gasteiger partial charge on any atom is 0.323 e. The van der Waals surface area contributed by atoms with E-state index in [1.807, 2.05) is 0 Å². The van der Waals surface area contributed by atoms with E-state index in [2.05, 4.69) is 15.3 Å². The van der Waals surface area contributed by atoms with Gasteiger partial charge in [-0.15, -0.1) is 0 Å². The van der Waals surface area contributed by atoms with Gasteiger partial charge in [0.25, 0.3) is 5.91 Å². The fourth-order valence-corrected chi connectivity index (χ4v) is 1.96. The molecule has 0 unspecified atom stereocenters. The summed E-state index contributed by atoms with van der Waals surface area (Å²) in [4.78, 5) is 28.3. The van der Waals surface area contributed by atoms with Crippen LogP contribution in [0.3, 0.4) is 0 Å². The van der Waals surface area contributed by atoms with Crippen LogP contribution >= 0.6 is 11.6 Å². The Hall–Kier alpha value is -2.47. The number of hydrogen-bond acceptors (Lipinski definition) is 3. The monoisotopic (exact) mass is 277 g/mol. The van der Waals surface area contributed by atoms with Crippen LogP contribution in [0.15, 0.2) is 39.7 Å². The molecule has 1 amide bonds. The number of imidazole rings is 1. The smallest absolute Gasteiger partial charge is 0.323 e. The molecule has 3 aromatic rings. The molecule has 0 atom stereocenters. The van der Waals surface area contributed by atoms with E-state index in [9.17, 15) is 9.59 Å². The number of H-pyrrole nitrogens is 2. The van der Waals surface area contributed by atoms with Crippen molar-refractivity contribution in [2.45, 2.75) is 0 Å². The average molecular weight is 278 g/mol. The Balaban J connectivity index is 1.91. The van der Waals surface area contributed by atoms with Crippen LogP contribution in [0.25, 0.3) is 11.0 Å². The van der Waals surface area contributed by atoms with Gasteiger partial charge >= 0.3 is 5.69 Å². The number of furan rings is 1. The SMILES string of the molecule is O=C(Nc1ccc2[nH]c(=O)[nH]c2c1)c1ccoc1Cl. The largest absolute Gasteiger partial charge is 0.452 e. The summed E-state index contributed by atoms with van der Waals surface area (Å²) in [6, 6.07) is 6.51. The van der Waals surface area contributed by atoms with Gasteiger partial charge in [0, 0.05) is 5.69 Å². The molecule has 0 spiro atoms. The van der Waals surface area contributed by atoms with Crippen LogP contribution in [-0.2, 0) is 0 Å². The van der Waals surface area contributed by atoms with Crippen LogP contribution in [0.4, 0.5) is 5.69 Å². The van der Waals surface area contributed by atoms with Gasteiger partial charge < -0.3 is 19.7 Å². The number of fused-ring (bicyclic) bond motifs is 1. The van der Waals surface area contributed by atoms with Gasteiger partial charge in [-0.2, -0.15) is 0 Å². The van der Waals surface area contributed by atoms with Crippen LogP contribution in [0, 0.1) is 0 Å². The van der Waals surface area contributed by atoms with Crippen molar-refractivity contribution in [3.05, 3.63) is 51.8 Å². The Morgan fingerprint density at radius 2 is 2.00 bits per heavy atom. The first kappa shape index (κ1) is 11.6. The molecule has 7 heteroatoms. The maximum atomic E-state index is 11.9. The van der Waals surface area contributed by atoms with Crippen LogP contribution in [-0.4, -0.2) is 15.9 Å². The topological polar surface area (TPSA) is 90.9 Å². The summed E-state index contributed by atoms with van der Waals surface area (Å²) in [7, 11) is 0. The summed E-state index contributed by atoms with van der Waals surface area (Å²) in [6.45, 7) is 0. The number of halogens is 1. The Morgan fingerprint density at radius 3 is 2.74 bits per heavy atom. The van der Waals surface area contributed by atoms with E-state index in [-0.39, 0.29) is 22.4 Å². The predicted octanol–water partition coefficient (Wildman–Crippen LogP) is 2.35. The number of nitrogens with one attached hydrogen (secondary N) is 3. The van der Waals surface area contributed by atoms with Gasteiger partial charge in [0.1, 0.15) is 0 Å². The first-order valence-electron chi connectivity index (χ1n) is 5.40. The van der Waals surface area contributed by atoms with Crippen molar-refractivity contribution in [2.24, 2.45) is 0 Å². The van der Waals surface area contributed by atoms with E-state index in [0.29, 0.717) is 16.7 Å². The third-order valence-corrected chi connectivity index (χ3v) is 2.93. The third kappa shape index (κ3) is 2.13. The fourth-order valence-electron chi connectivity index (χ4n) is 1.76. The number of rotatable bonds is 2. The molecule has 0 aliphatic rings. The minimum Gasteiger partial charge on any atom is -0.452 e. The lowest BCUT2D eigenvalue weighted by Crippen LogP contribution is -2.11. The number of benzene rings is 1. The molecule has 6 nitrogen and oxygen atoms in total. The van der Waals surface area contributed by atoms with Crippen molar-refractivity contribution in [2.75, 3.05) is 5.32 Å². The molecule has 0 saturated carbocycles.